The summed E-state index contributed by atoms with van der Waals surface area (Å²) in [5.74, 6) is 0.355. The van der Waals surface area contributed by atoms with Gasteiger partial charge in [0.25, 0.3) is 0 Å². The summed E-state index contributed by atoms with van der Waals surface area (Å²) in [7, 11) is 0. The molecule has 0 unspecified atom stereocenters. The van der Waals surface area contributed by atoms with Gasteiger partial charge in [-0.05, 0) is 61.4 Å². The van der Waals surface area contributed by atoms with E-state index in [1.807, 2.05) is 97.1 Å². The van der Waals surface area contributed by atoms with Crippen molar-refractivity contribution in [2.24, 2.45) is 20.3 Å². The predicted octanol–water partition coefficient (Wildman–Crippen LogP) is 8.58. The van der Waals surface area contributed by atoms with Crippen molar-refractivity contribution < 1.29 is 51.1 Å². The van der Waals surface area contributed by atoms with Crippen LogP contribution < -0.4 is 0 Å². The Morgan fingerprint density at radius 3 is 1.11 bits per heavy atom. The van der Waals surface area contributed by atoms with Crippen LogP contribution in [-0.4, -0.2) is 34.1 Å². The van der Waals surface area contributed by atoms with Crippen molar-refractivity contribution in [3.63, 3.8) is 0 Å². The molecule has 5 aromatic rings. The van der Waals surface area contributed by atoms with E-state index in [0.29, 0.717) is 33.9 Å². The van der Waals surface area contributed by atoms with Crippen LogP contribution in [0, 0.1) is 10.4 Å². The minimum Gasteiger partial charge on any atom is -0.792 e. The topological polar surface area (TPSA) is 136 Å². The quantitative estimate of drug-likeness (QED) is 0.101. The smallest absolute Gasteiger partial charge is 0.124 e. The monoisotopic (exact) mass is 796 g/mol. The van der Waals surface area contributed by atoms with Gasteiger partial charge in [-0.1, -0.05) is 97.1 Å². The van der Waals surface area contributed by atoms with Crippen LogP contribution in [0.5, 0.6) is 11.5 Å². The van der Waals surface area contributed by atoms with Crippen LogP contribution in [0.4, 0.5) is 11.4 Å². The van der Waals surface area contributed by atoms with Gasteiger partial charge in [0.05, 0.1) is 11.4 Å². The number of rotatable bonds is 6. The van der Waals surface area contributed by atoms with Gasteiger partial charge in [0.15, 0.2) is 0 Å². The van der Waals surface area contributed by atoms with Crippen molar-refractivity contribution in [2.75, 3.05) is 0 Å². The first-order valence-corrected chi connectivity index (χ1v) is 13.6. The van der Waals surface area contributed by atoms with Gasteiger partial charge >= 0.3 is 0 Å². The van der Waals surface area contributed by atoms with E-state index >= 15 is 0 Å². The number of phenols is 2. The molecule has 2 N–H and O–H groups in total. The molecule has 0 saturated heterocycles. The number of aromatic hydroxyl groups is 2. The van der Waals surface area contributed by atoms with Gasteiger partial charge in [0.1, 0.15) is 11.5 Å². The molecule has 46 heavy (non-hydrogen) atoms. The van der Waals surface area contributed by atoms with E-state index in [9.17, 15) is 20.6 Å². The first-order chi connectivity index (χ1) is 21.4. The van der Waals surface area contributed by atoms with Crippen LogP contribution in [0.1, 0.15) is 36.1 Å². The third kappa shape index (κ3) is 13.1. The van der Waals surface area contributed by atoms with E-state index in [2.05, 4.69) is 20.3 Å². The fraction of sp³-hybridized carbons (Fsp3) is 0.0556. The number of aliphatic imine (C=N–C) groups is 2. The van der Waals surface area contributed by atoms with Crippen molar-refractivity contribution >= 4 is 35.2 Å². The Labute approximate surface area is 296 Å². The van der Waals surface area contributed by atoms with E-state index in [1.54, 1.807) is 62.7 Å². The standard InChI is InChI=1S/C20H16N2O2.2C8H9NO.2Pd/c23-19-11-5-1-7-15(19)13-21-17-9-3-4-10-18(17)22-14-16-8-2-6-12-20(16)24;2*1-7(9-10)8-5-3-2-4-6-8;;/h1-14,23-24H;2*2-6,10H,1H3;;/p-2/b;2*9-7+;;. The first kappa shape index (κ1) is 39.3. The SMILES string of the molecule is C/C(=N\[O-])c1ccccc1.C/C(=N\[O-])c1ccccc1.Oc1ccccc1C=Nc1ccccc1N=Cc1ccccc1O.[Pd].[Pd]. The zero-order valence-electron chi connectivity index (χ0n) is 25.0. The second kappa shape index (κ2) is 21.9. The van der Waals surface area contributed by atoms with Crippen molar-refractivity contribution in [1.82, 2.24) is 0 Å². The summed E-state index contributed by atoms with van der Waals surface area (Å²) >= 11 is 0. The number of benzene rings is 5. The average Bonchev–Trinajstić information content (AvgIpc) is 3.08. The molecule has 0 aromatic heterocycles. The van der Waals surface area contributed by atoms with Gasteiger partial charge in [-0.3, -0.25) is 9.98 Å². The molecule has 0 amide bonds. The molecule has 0 aliphatic rings. The largest absolute Gasteiger partial charge is 0.792 e. The molecule has 5 rings (SSSR count). The summed E-state index contributed by atoms with van der Waals surface area (Å²) in [6, 6.07) is 40.2. The van der Waals surface area contributed by atoms with Crippen LogP contribution in [0.2, 0.25) is 0 Å². The Hall–Kier alpha value is -4.70. The third-order valence-corrected chi connectivity index (χ3v) is 6.10. The minimum absolute atomic E-state index is 0. The Kier molecular flexibility index (Phi) is 18.7. The van der Waals surface area contributed by atoms with E-state index in [-0.39, 0.29) is 52.3 Å². The predicted molar refractivity (Wildman–Crippen MR) is 181 cm³/mol. The van der Waals surface area contributed by atoms with Gasteiger partial charge < -0.3 is 30.9 Å². The molecule has 0 heterocycles. The molecule has 0 radical (unpaired) electrons. The first-order valence-electron chi connectivity index (χ1n) is 13.6. The van der Waals surface area contributed by atoms with Crippen molar-refractivity contribution in [3.8, 4) is 11.5 Å². The maximum absolute atomic E-state index is 10.0. The van der Waals surface area contributed by atoms with E-state index < -0.39 is 0 Å². The van der Waals surface area contributed by atoms with Crippen LogP contribution in [-0.2, 0) is 40.8 Å². The Morgan fingerprint density at radius 1 is 0.478 bits per heavy atom. The second-order valence-corrected chi connectivity index (χ2v) is 9.21. The molecule has 0 fully saturated rings. The molecule has 242 valence electrons. The summed E-state index contributed by atoms with van der Waals surface area (Å²) in [6.07, 6.45) is 3.20. The number of hydrogen-bond acceptors (Lipinski definition) is 8. The number of phenolic OH excluding ortho intramolecular Hbond substituents is 2. The fourth-order valence-electron chi connectivity index (χ4n) is 3.62. The normalized spacial score (nSPS) is 10.9. The molecular weight excluding hydrogens is 765 g/mol. The minimum atomic E-state index is 0. The Bertz CT molecular complexity index is 1600. The average molecular weight is 798 g/mol. The van der Waals surface area contributed by atoms with Gasteiger partial charge in [-0.25, -0.2) is 0 Å². The van der Waals surface area contributed by atoms with Crippen molar-refractivity contribution in [3.05, 3.63) is 166 Å². The zero-order chi connectivity index (χ0) is 31.6. The molecule has 0 aliphatic carbocycles. The van der Waals surface area contributed by atoms with E-state index in [1.165, 1.54) is 0 Å². The summed E-state index contributed by atoms with van der Waals surface area (Å²) in [5.41, 5.74) is 5.45. The molecule has 0 spiro atoms. The van der Waals surface area contributed by atoms with Gasteiger partial charge in [-0.15, -0.1) is 0 Å². The number of para-hydroxylation sites is 4. The molecule has 5 aromatic carbocycles. The Morgan fingerprint density at radius 2 is 0.783 bits per heavy atom. The molecule has 0 bridgehead atoms. The van der Waals surface area contributed by atoms with Crippen LogP contribution >= 0.6 is 0 Å². The summed E-state index contributed by atoms with van der Waals surface area (Å²) in [4.78, 5) is 8.82. The van der Waals surface area contributed by atoms with Gasteiger partial charge in [0.2, 0.25) is 0 Å². The Balaban J connectivity index is 0.000000400. The third-order valence-electron chi connectivity index (χ3n) is 6.10. The second-order valence-electron chi connectivity index (χ2n) is 9.21. The van der Waals surface area contributed by atoms with Crippen molar-refractivity contribution in [2.45, 2.75) is 13.8 Å². The fourth-order valence-corrected chi connectivity index (χ4v) is 3.62. The summed E-state index contributed by atoms with van der Waals surface area (Å²) < 4.78 is 0. The van der Waals surface area contributed by atoms with Gasteiger partial charge in [-0.2, -0.15) is 0 Å². The summed E-state index contributed by atoms with van der Waals surface area (Å²) in [5, 5.41) is 45.3. The molecule has 8 nitrogen and oxygen atoms in total. The van der Waals surface area contributed by atoms with Crippen LogP contribution in [0.25, 0.3) is 0 Å². The maximum atomic E-state index is 10.0. The van der Waals surface area contributed by atoms with E-state index in [0.717, 1.165) is 11.1 Å². The molecule has 0 aliphatic heterocycles. The van der Waals surface area contributed by atoms with Crippen molar-refractivity contribution in [1.29, 1.82) is 0 Å². The maximum Gasteiger partial charge on any atom is 0.124 e. The molecule has 10 heteroatoms. The zero-order valence-corrected chi connectivity index (χ0v) is 28.1. The van der Waals surface area contributed by atoms with E-state index in [4.69, 9.17) is 0 Å². The van der Waals surface area contributed by atoms with Crippen LogP contribution in [0.3, 0.4) is 0 Å². The van der Waals surface area contributed by atoms with Gasteiger partial charge in [0, 0.05) is 75.8 Å². The molecule has 0 atom stereocenters. The van der Waals surface area contributed by atoms with Crippen LogP contribution in [0.15, 0.2) is 154 Å². The summed E-state index contributed by atoms with van der Waals surface area (Å²) in [6.45, 7) is 3.39. The molecule has 0 saturated carbocycles. The molecular formula is C36H32N4O4Pd2-2. The number of nitrogens with zero attached hydrogens (tertiary/aromatic N) is 4. The number of hydrogen-bond donors (Lipinski definition) is 2.